The standard InChI is InChI=1S/C21H22FNS/c1-4-12-24-14-15-13-21(2,3)23-20-16(15)9-7-10-18(20)17-8-5-6-11-19(17)22/h4-11,13,23H,1,12,14H2,2-3H3. The highest BCUT2D eigenvalue weighted by Gasteiger charge is 2.26. The fourth-order valence-electron chi connectivity index (χ4n) is 3.10. The van der Waals surface area contributed by atoms with Gasteiger partial charge in [0.1, 0.15) is 5.82 Å². The third-order valence-electron chi connectivity index (χ3n) is 4.05. The minimum atomic E-state index is -0.192. The third-order valence-corrected chi connectivity index (χ3v) is 5.04. The number of para-hydroxylation sites is 1. The molecule has 0 radical (unpaired) electrons. The largest absolute Gasteiger partial charge is 0.376 e. The van der Waals surface area contributed by atoms with Gasteiger partial charge in [-0.2, -0.15) is 11.8 Å². The number of thioether (sulfide) groups is 1. The predicted octanol–water partition coefficient (Wildman–Crippen LogP) is 6.00. The lowest BCUT2D eigenvalue weighted by atomic mass is 9.88. The van der Waals surface area contributed by atoms with Crippen molar-refractivity contribution in [1.82, 2.24) is 0 Å². The molecule has 0 aliphatic carbocycles. The first-order chi connectivity index (χ1) is 11.5. The number of rotatable bonds is 5. The quantitative estimate of drug-likeness (QED) is 0.529. The molecule has 0 saturated carbocycles. The zero-order valence-corrected chi connectivity index (χ0v) is 14.9. The van der Waals surface area contributed by atoms with Crippen molar-refractivity contribution in [1.29, 1.82) is 0 Å². The Morgan fingerprint density at radius 1 is 1.08 bits per heavy atom. The molecule has 1 nitrogen and oxygen atoms in total. The second-order valence-electron chi connectivity index (χ2n) is 6.53. The van der Waals surface area contributed by atoms with Crippen molar-refractivity contribution in [2.24, 2.45) is 0 Å². The molecule has 0 bridgehead atoms. The first-order valence-electron chi connectivity index (χ1n) is 8.09. The first kappa shape index (κ1) is 16.8. The molecule has 2 aromatic carbocycles. The second-order valence-corrected chi connectivity index (χ2v) is 7.56. The van der Waals surface area contributed by atoms with E-state index in [1.165, 1.54) is 11.6 Å². The highest BCUT2D eigenvalue weighted by atomic mass is 32.2. The molecular formula is C21H22FNS. The molecule has 0 amide bonds. The van der Waals surface area contributed by atoms with Crippen molar-refractivity contribution in [3.8, 4) is 11.1 Å². The molecule has 3 rings (SSSR count). The number of anilines is 1. The summed E-state index contributed by atoms with van der Waals surface area (Å²) >= 11 is 1.84. The SMILES string of the molecule is C=CCSCC1=CC(C)(C)Nc2c1cccc2-c1ccccc1F. The van der Waals surface area contributed by atoms with Gasteiger partial charge in [0.15, 0.2) is 0 Å². The predicted molar refractivity (Wildman–Crippen MR) is 105 cm³/mol. The molecule has 24 heavy (non-hydrogen) atoms. The Balaban J connectivity index is 2.09. The zero-order chi connectivity index (χ0) is 17.2. The van der Waals surface area contributed by atoms with Crippen LogP contribution >= 0.6 is 11.8 Å². The summed E-state index contributed by atoms with van der Waals surface area (Å²) in [6, 6.07) is 13.1. The molecule has 0 spiro atoms. The zero-order valence-electron chi connectivity index (χ0n) is 14.1. The minimum Gasteiger partial charge on any atom is -0.376 e. The summed E-state index contributed by atoms with van der Waals surface area (Å²) in [5, 5.41) is 3.58. The molecule has 2 aromatic rings. The second kappa shape index (κ2) is 6.86. The summed E-state index contributed by atoms with van der Waals surface area (Å²) in [7, 11) is 0. The number of benzene rings is 2. The van der Waals surface area contributed by atoms with Crippen LogP contribution < -0.4 is 5.32 Å². The lowest BCUT2D eigenvalue weighted by Crippen LogP contribution is -2.32. The highest BCUT2D eigenvalue weighted by Crippen LogP contribution is 2.41. The molecule has 0 saturated heterocycles. The van der Waals surface area contributed by atoms with Gasteiger partial charge in [-0.25, -0.2) is 4.39 Å². The van der Waals surface area contributed by atoms with E-state index in [-0.39, 0.29) is 11.4 Å². The summed E-state index contributed by atoms with van der Waals surface area (Å²) in [5.41, 5.74) is 4.85. The summed E-state index contributed by atoms with van der Waals surface area (Å²) in [5.74, 6) is 1.65. The molecule has 1 aliphatic rings. The highest BCUT2D eigenvalue weighted by molar-refractivity contribution is 7.99. The van der Waals surface area contributed by atoms with Crippen LogP contribution in [0.5, 0.6) is 0 Å². The van der Waals surface area contributed by atoms with Crippen LogP contribution in [-0.4, -0.2) is 17.0 Å². The van der Waals surface area contributed by atoms with E-state index in [2.05, 4.69) is 37.9 Å². The Morgan fingerprint density at radius 2 is 1.79 bits per heavy atom. The molecule has 3 heteroatoms. The van der Waals surface area contributed by atoms with Crippen molar-refractivity contribution < 1.29 is 4.39 Å². The smallest absolute Gasteiger partial charge is 0.131 e. The van der Waals surface area contributed by atoms with E-state index in [0.29, 0.717) is 5.56 Å². The molecular weight excluding hydrogens is 317 g/mol. The molecule has 0 unspecified atom stereocenters. The molecule has 1 aliphatic heterocycles. The van der Waals surface area contributed by atoms with Gasteiger partial charge in [0.05, 0.1) is 11.2 Å². The Labute approximate surface area is 147 Å². The van der Waals surface area contributed by atoms with Crippen LogP contribution in [0.3, 0.4) is 0 Å². The van der Waals surface area contributed by atoms with Crippen LogP contribution in [0.25, 0.3) is 16.7 Å². The van der Waals surface area contributed by atoms with Gasteiger partial charge in [0, 0.05) is 28.2 Å². The van der Waals surface area contributed by atoms with E-state index >= 15 is 0 Å². The van der Waals surface area contributed by atoms with Crippen molar-refractivity contribution >= 4 is 23.0 Å². The number of hydrogen-bond acceptors (Lipinski definition) is 2. The lowest BCUT2D eigenvalue weighted by Gasteiger charge is -2.34. The van der Waals surface area contributed by atoms with Gasteiger partial charge in [-0.15, -0.1) is 6.58 Å². The normalized spacial score (nSPS) is 15.2. The van der Waals surface area contributed by atoms with Gasteiger partial charge < -0.3 is 5.32 Å². The maximum absolute atomic E-state index is 14.3. The number of hydrogen-bond donors (Lipinski definition) is 1. The first-order valence-corrected chi connectivity index (χ1v) is 9.24. The number of nitrogens with one attached hydrogen (secondary N) is 1. The van der Waals surface area contributed by atoms with Crippen LogP contribution in [0.4, 0.5) is 10.1 Å². The molecule has 0 fully saturated rings. The number of halogens is 1. The van der Waals surface area contributed by atoms with E-state index in [9.17, 15) is 4.39 Å². The van der Waals surface area contributed by atoms with Gasteiger partial charge in [0.2, 0.25) is 0 Å². The lowest BCUT2D eigenvalue weighted by molar-refractivity contribution is 0.631. The maximum Gasteiger partial charge on any atom is 0.131 e. The van der Waals surface area contributed by atoms with Gasteiger partial charge in [-0.3, -0.25) is 0 Å². The van der Waals surface area contributed by atoms with Crippen LogP contribution in [0.15, 0.2) is 61.2 Å². The van der Waals surface area contributed by atoms with Gasteiger partial charge >= 0.3 is 0 Å². The van der Waals surface area contributed by atoms with Gasteiger partial charge in [-0.05, 0) is 25.5 Å². The monoisotopic (exact) mass is 339 g/mol. The fraction of sp³-hybridized carbons (Fsp3) is 0.238. The average molecular weight is 339 g/mol. The van der Waals surface area contributed by atoms with E-state index in [1.54, 1.807) is 6.07 Å². The van der Waals surface area contributed by atoms with Crippen molar-refractivity contribution in [3.63, 3.8) is 0 Å². The molecule has 124 valence electrons. The molecule has 0 atom stereocenters. The van der Waals surface area contributed by atoms with Crippen LogP contribution in [0.1, 0.15) is 19.4 Å². The van der Waals surface area contributed by atoms with E-state index in [0.717, 1.165) is 28.3 Å². The molecule has 0 aromatic heterocycles. The summed E-state index contributed by atoms with van der Waals surface area (Å²) in [6.07, 6.45) is 4.20. The van der Waals surface area contributed by atoms with Crippen molar-refractivity contribution in [3.05, 3.63) is 72.6 Å². The summed E-state index contributed by atoms with van der Waals surface area (Å²) in [6.45, 7) is 8.08. The Morgan fingerprint density at radius 3 is 2.54 bits per heavy atom. The van der Waals surface area contributed by atoms with Crippen molar-refractivity contribution in [2.45, 2.75) is 19.4 Å². The van der Waals surface area contributed by atoms with Gasteiger partial charge in [0.25, 0.3) is 0 Å². The Hall–Kier alpha value is -2.00. The number of fused-ring (bicyclic) bond motifs is 1. The van der Waals surface area contributed by atoms with E-state index in [1.807, 2.05) is 42.1 Å². The van der Waals surface area contributed by atoms with Crippen LogP contribution in [0, 0.1) is 5.82 Å². The minimum absolute atomic E-state index is 0.168. The van der Waals surface area contributed by atoms with Crippen LogP contribution in [0.2, 0.25) is 0 Å². The molecule has 1 heterocycles. The van der Waals surface area contributed by atoms with E-state index in [4.69, 9.17) is 0 Å². The summed E-state index contributed by atoms with van der Waals surface area (Å²) < 4.78 is 14.3. The Kier molecular flexibility index (Phi) is 4.81. The van der Waals surface area contributed by atoms with E-state index < -0.39 is 0 Å². The van der Waals surface area contributed by atoms with Crippen LogP contribution in [-0.2, 0) is 0 Å². The maximum atomic E-state index is 14.3. The van der Waals surface area contributed by atoms with Crippen molar-refractivity contribution in [2.75, 3.05) is 16.8 Å². The molecule has 1 N–H and O–H groups in total. The van der Waals surface area contributed by atoms with Gasteiger partial charge in [-0.1, -0.05) is 48.6 Å². The Bertz CT molecular complexity index is 792. The fourth-order valence-corrected chi connectivity index (χ4v) is 3.85. The third kappa shape index (κ3) is 3.41. The topological polar surface area (TPSA) is 12.0 Å². The average Bonchev–Trinajstić information content (AvgIpc) is 2.54. The summed E-state index contributed by atoms with van der Waals surface area (Å²) in [4.78, 5) is 0.